The first-order chi connectivity index (χ1) is 19.8. The molecule has 2 aromatic carbocycles. The van der Waals surface area contributed by atoms with Crippen LogP contribution in [0.1, 0.15) is 41.5 Å². The van der Waals surface area contributed by atoms with E-state index in [1.54, 1.807) is 19.0 Å². The van der Waals surface area contributed by atoms with Gasteiger partial charge in [0.2, 0.25) is 11.7 Å². The number of carbonyl (C=O) groups excluding carboxylic acids is 3. The van der Waals surface area contributed by atoms with Crippen LogP contribution in [0.25, 0.3) is 5.76 Å². The van der Waals surface area contributed by atoms with Gasteiger partial charge >= 0.3 is 0 Å². The summed E-state index contributed by atoms with van der Waals surface area (Å²) in [6, 6.07) is 11.1. The van der Waals surface area contributed by atoms with E-state index in [9.17, 15) is 34.8 Å². The highest BCUT2D eigenvalue weighted by molar-refractivity contribution is 6.23. The van der Waals surface area contributed by atoms with E-state index in [0.29, 0.717) is 17.5 Å². The summed E-state index contributed by atoms with van der Waals surface area (Å²) in [5, 5.41) is 45.1. The molecule has 1 amide bonds. The van der Waals surface area contributed by atoms with Crippen molar-refractivity contribution >= 4 is 28.9 Å². The number of phenols is 1. The van der Waals surface area contributed by atoms with E-state index in [1.807, 2.05) is 55.4 Å². The van der Waals surface area contributed by atoms with Crippen molar-refractivity contribution in [1.29, 1.82) is 0 Å². The first-order valence-corrected chi connectivity index (χ1v) is 14.2. The van der Waals surface area contributed by atoms with Crippen molar-refractivity contribution in [2.45, 2.75) is 50.2 Å². The van der Waals surface area contributed by atoms with Crippen LogP contribution >= 0.6 is 0 Å². The Morgan fingerprint density at radius 1 is 1.10 bits per heavy atom. The summed E-state index contributed by atoms with van der Waals surface area (Å²) in [7, 11) is 7.04. The molecule has 42 heavy (non-hydrogen) atoms. The Bertz CT molecular complexity index is 1400. The maximum Gasteiger partial charge on any atom is 0.225 e. The Balaban J connectivity index is 1.82. The van der Waals surface area contributed by atoms with Crippen LogP contribution in [0.2, 0.25) is 0 Å². The molecule has 0 heterocycles. The number of benzene rings is 2. The monoisotopic (exact) mass is 579 g/mol. The van der Waals surface area contributed by atoms with Crippen molar-refractivity contribution in [2.75, 3.05) is 39.7 Å². The number of phenolic OH excluding ortho intramolecular Hbond substituents is 1. The fourth-order valence-electron chi connectivity index (χ4n) is 6.66. The molecule has 4 atom stereocenters. The van der Waals surface area contributed by atoms with Crippen molar-refractivity contribution in [1.82, 2.24) is 4.90 Å². The van der Waals surface area contributed by atoms with Gasteiger partial charge in [0.25, 0.3) is 0 Å². The number of primary amides is 1. The molecular formula is C32H41N3O7. The second-order valence-electron chi connectivity index (χ2n) is 11.9. The number of hydrogen-bond donors (Lipinski definition) is 5. The molecule has 2 aliphatic rings. The molecule has 10 nitrogen and oxygen atoms in total. The van der Waals surface area contributed by atoms with E-state index < -0.39 is 59.7 Å². The molecule has 0 aromatic heterocycles. The molecule has 1 fully saturated rings. The first kappa shape index (κ1) is 31.2. The van der Waals surface area contributed by atoms with Gasteiger partial charge in [0.05, 0.1) is 18.6 Å². The zero-order valence-corrected chi connectivity index (χ0v) is 24.6. The predicted molar refractivity (Wildman–Crippen MR) is 159 cm³/mol. The van der Waals surface area contributed by atoms with Gasteiger partial charge in [-0.15, -0.1) is 0 Å². The molecule has 10 heteroatoms. The molecule has 1 saturated carbocycles. The molecular weight excluding hydrogens is 538 g/mol. The van der Waals surface area contributed by atoms with Crippen LogP contribution in [0, 0.1) is 11.8 Å². The number of nitrogens with two attached hydrogens (primary N) is 1. The first-order valence-electron chi connectivity index (χ1n) is 14.2. The molecule has 1 unspecified atom stereocenters. The number of Topliss-reactive ketones (excluding diaryl/α,β-unsaturated/α-hetero) is 2. The number of anilines is 1. The van der Waals surface area contributed by atoms with Crippen molar-refractivity contribution in [3.63, 3.8) is 0 Å². The van der Waals surface area contributed by atoms with E-state index in [2.05, 4.69) is 0 Å². The van der Waals surface area contributed by atoms with Gasteiger partial charge in [-0.2, -0.15) is 0 Å². The molecule has 4 rings (SSSR count). The van der Waals surface area contributed by atoms with Gasteiger partial charge in [-0.05, 0) is 74.9 Å². The number of carbonyl (C=O) groups is 3. The van der Waals surface area contributed by atoms with Gasteiger partial charge in [0.15, 0.2) is 11.4 Å². The summed E-state index contributed by atoms with van der Waals surface area (Å²) in [6.45, 7) is -0.457. The second kappa shape index (κ2) is 12.2. The molecule has 0 spiro atoms. The van der Waals surface area contributed by atoms with Crippen molar-refractivity contribution in [3.8, 4) is 5.75 Å². The molecule has 0 radical (unpaired) electrons. The summed E-state index contributed by atoms with van der Waals surface area (Å²) in [6.07, 6.45) is 1.49. The highest BCUT2D eigenvalue weighted by Crippen LogP contribution is 2.51. The largest absolute Gasteiger partial charge is 0.507 e. The fraction of sp³-hybridized carbons (Fsp3) is 0.469. The SMILES string of the molecule is CN(C)c1cc(CCCc2ccccc2)c(O)c2c1C[C@H]1C[C@@H](C(CO)N(C)C)[C@@](O)(C(=O)CC(N)=O)C(=O)C1=C2O. The molecule has 0 saturated heterocycles. The maximum atomic E-state index is 14.1. The Morgan fingerprint density at radius 2 is 1.76 bits per heavy atom. The summed E-state index contributed by atoms with van der Waals surface area (Å²) in [5.41, 5.74) is 5.72. The number of rotatable bonds is 11. The van der Waals surface area contributed by atoms with Gasteiger partial charge in [-0.3, -0.25) is 14.4 Å². The van der Waals surface area contributed by atoms with E-state index in [-0.39, 0.29) is 29.7 Å². The number of nitrogens with zero attached hydrogens (tertiary/aromatic N) is 2. The smallest absolute Gasteiger partial charge is 0.225 e. The summed E-state index contributed by atoms with van der Waals surface area (Å²) in [5.74, 6) is -5.42. The lowest BCUT2D eigenvalue weighted by molar-refractivity contribution is -0.163. The van der Waals surface area contributed by atoms with Crippen LogP contribution in [-0.2, 0) is 33.6 Å². The summed E-state index contributed by atoms with van der Waals surface area (Å²) < 4.78 is 0. The van der Waals surface area contributed by atoms with E-state index in [4.69, 9.17) is 5.73 Å². The van der Waals surface area contributed by atoms with Crippen LogP contribution in [0.5, 0.6) is 5.75 Å². The van der Waals surface area contributed by atoms with Crippen molar-refractivity contribution in [2.24, 2.45) is 17.6 Å². The minimum atomic E-state index is -2.70. The average Bonchev–Trinajstić information content (AvgIpc) is 2.92. The normalized spacial score (nSPS) is 22.5. The lowest BCUT2D eigenvalue weighted by Crippen LogP contribution is -2.64. The zero-order valence-electron chi connectivity index (χ0n) is 24.6. The number of aryl methyl sites for hydroxylation is 2. The molecule has 0 bridgehead atoms. The van der Waals surface area contributed by atoms with Gasteiger partial charge in [0, 0.05) is 37.3 Å². The minimum absolute atomic E-state index is 0.0709. The summed E-state index contributed by atoms with van der Waals surface area (Å²) in [4.78, 5) is 42.6. The standard InChI is InChI=1S/C32H41N3O7/c1-34(2)23-15-19(12-8-11-18-9-6-5-7-10-18)29(39)28-21(23)13-20-14-22(24(17-36)35(3)4)32(42,25(37)16-26(33)38)31(41)27(20)30(28)40/h5-7,9-10,15,20,22,24,36,39-40,42H,8,11-14,16-17H2,1-4H3,(H2,33,38)/t20-,22-,24?,32+/m0/s1. The molecule has 6 N–H and O–H groups in total. The maximum absolute atomic E-state index is 14.1. The zero-order chi connectivity index (χ0) is 30.9. The summed E-state index contributed by atoms with van der Waals surface area (Å²) >= 11 is 0. The number of fused-ring (bicyclic) bond motifs is 2. The number of aliphatic hydroxyl groups excluding tert-OH is 2. The Morgan fingerprint density at radius 3 is 2.33 bits per heavy atom. The third kappa shape index (κ3) is 5.54. The van der Waals surface area contributed by atoms with E-state index in [1.165, 1.54) is 0 Å². The van der Waals surface area contributed by atoms with Crippen LogP contribution in [-0.4, -0.2) is 89.2 Å². The number of ketones is 2. The highest BCUT2D eigenvalue weighted by atomic mass is 16.3. The number of aromatic hydroxyl groups is 1. The van der Waals surface area contributed by atoms with Crippen LogP contribution in [0.3, 0.4) is 0 Å². The molecule has 226 valence electrons. The van der Waals surface area contributed by atoms with Crippen LogP contribution in [0.15, 0.2) is 42.0 Å². The number of aliphatic hydroxyl groups is 3. The molecule has 0 aliphatic heterocycles. The average molecular weight is 580 g/mol. The second-order valence-corrected chi connectivity index (χ2v) is 11.9. The van der Waals surface area contributed by atoms with Crippen molar-refractivity contribution < 1.29 is 34.8 Å². The van der Waals surface area contributed by atoms with Gasteiger partial charge in [0.1, 0.15) is 11.5 Å². The van der Waals surface area contributed by atoms with Gasteiger partial charge < -0.3 is 36.0 Å². The van der Waals surface area contributed by atoms with Crippen molar-refractivity contribution in [3.05, 3.63) is 64.2 Å². The van der Waals surface area contributed by atoms with E-state index in [0.717, 1.165) is 24.1 Å². The number of amides is 1. The topological polar surface area (TPSA) is 165 Å². The minimum Gasteiger partial charge on any atom is -0.507 e. The Labute approximate surface area is 246 Å². The Kier molecular flexibility index (Phi) is 9.10. The van der Waals surface area contributed by atoms with Crippen LogP contribution in [0.4, 0.5) is 5.69 Å². The van der Waals surface area contributed by atoms with E-state index >= 15 is 0 Å². The van der Waals surface area contributed by atoms with Gasteiger partial charge in [-0.25, -0.2) is 0 Å². The number of hydrogen-bond acceptors (Lipinski definition) is 9. The lowest BCUT2D eigenvalue weighted by atomic mass is 9.59. The number of likely N-dealkylation sites (N-methyl/N-ethyl adjacent to an activating group) is 1. The third-order valence-electron chi connectivity index (χ3n) is 8.79. The van der Waals surface area contributed by atoms with Crippen LogP contribution < -0.4 is 10.6 Å². The quantitative estimate of drug-likeness (QED) is 0.250. The highest BCUT2D eigenvalue weighted by Gasteiger charge is 2.60. The third-order valence-corrected chi connectivity index (χ3v) is 8.79. The predicted octanol–water partition coefficient (Wildman–Crippen LogP) is 1.76. The molecule has 2 aliphatic carbocycles. The Hall–Kier alpha value is -3.73. The lowest BCUT2D eigenvalue weighted by Gasteiger charge is -2.47. The van der Waals surface area contributed by atoms with Gasteiger partial charge in [-0.1, -0.05) is 30.3 Å². The molecule has 2 aromatic rings. The fourth-order valence-corrected chi connectivity index (χ4v) is 6.66.